The molecule has 20 heavy (non-hydrogen) atoms. The summed E-state index contributed by atoms with van der Waals surface area (Å²) in [5, 5.41) is 14.0. The van der Waals surface area contributed by atoms with Gasteiger partial charge in [0.2, 0.25) is 5.82 Å². The van der Waals surface area contributed by atoms with E-state index in [0.717, 1.165) is 18.4 Å². The minimum Gasteiger partial charge on any atom is -0.310 e. The Kier molecular flexibility index (Phi) is 4.38. The van der Waals surface area contributed by atoms with Crippen molar-refractivity contribution in [1.82, 2.24) is 5.32 Å². The molecule has 0 spiro atoms. The normalized spacial score (nSPS) is 18.9. The van der Waals surface area contributed by atoms with E-state index in [4.69, 9.17) is 0 Å². The molecule has 0 amide bonds. The van der Waals surface area contributed by atoms with Crippen molar-refractivity contribution in [3.8, 4) is 0 Å². The predicted molar refractivity (Wildman–Crippen MR) is 75.9 cm³/mol. The summed E-state index contributed by atoms with van der Waals surface area (Å²) in [7, 11) is 0. The number of benzene rings is 1. The van der Waals surface area contributed by atoms with Gasteiger partial charge in [-0.05, 0) is 42.7 Å². The fourth-order valence-corrected chi connectivity index (χ4v) is 2.67. The standard InChI is InChI=1S/C15H21FN2O2/c1-15(2)7-5-12(6-8-15)17-10-11-3-4-14(18(19)20)13(16)9-11/h3-4,9,12,17H,5-8,10H2,1-2H3. The number of nitro benzene ring substituents is 1. The first-order valence-corrected chi connectivity index (χ1v) is 7.04. The third kappa shape index (κ3) is 3.76. The van der Waals surface area contributed by atoms with Gasteiger partial charge in [-0.1, -0.05) is 19.9 Å². The second-order valence-electron chi connectivity index (χ2n) is 6.36. The molecule has 0 unspecified atom stereocenters. The van der Waals surface area contributed by atoms with Crippen LogP contribution in [0.5, 0.6) is 0 Å². The van der Waals surface area contributed by atoms with Crippen LogP contribution >= 0.6 is 0 Å². The number of hydrogen-bond acceptors (Lipinski definition) is 3. The summed E-state index contributed by atoms with van der Waals surface area (Å²) in [6.07, 6.45) is 4.64. The summed E-state index contributed by atoms with van der Waals surface area (Å²) < 4.78 is 13.5. The molecule has 0 aliphatic heterocycles. The summed E-state index contributed by atoms with van der Waals surface area (Å²) in [4.78, 5) is 9.85. The quantitative estimate of drug-likeness (QED) is 0.674. The molecule has 0 heterocycles. The first-order valence-electron chi connectivity index (χ1n) is 7.04. The highest BCUT2D eigenvalue weighted by molar-refractivity contribution is 5.34. The summed E-state index contributed by atoms with van der Waals surface area (Å²) >= 11 is 0. The summed E-state index contributed by atoms with van der Waals surface area (Å²) in [6.45, 7) is 5.13. The molecule has 1 saturated carbocycles. The van der Waals surface area contributed by atoms with Crippen molar-refractivity contribution in [3.05, 3.63) is 39.7 Å². The zero-order valence-electron chi connectivity index (χ0n) is 12.0. The van der Waals surface area contributed by atoms with E-state index in [2.05, 4.69) is 19.2 Å². The van der Waals surface area contributed by atoms with Crippen molar-refractivity contribution >= 4 is 5.69 Å². The van der Waals surface area contributed by atoms with Crippen molar-refractivity contribution in [3.63, 3.8) is 0 Å². The Morgan fingerprint density at radius 2 is 2.05 bits per heavy atom. The fraction of sp³-hybridized carbons (Fsp3) is 0.600. The molecule has 0 atom stereocenters. The van der Waals surface area contributed by atoms with Crippen LogP contribution in [0.4, 0.5) is 10.1 Å². The van der Waals surface area contributed by atoms with Crippen molar-refractivity contribution in [2.24, 2.45) is 5.41 Å². The third-order valence-electron chi connectivity index (χ3n) is 4.14. The monoisotopic (exact) mass is 280 g/mol. The molecule has 0 saturated heterocycles. The lowest BCUT2D eigenvalue weighted by molar-refractivity contribution is -0.387. The second-order valence-corrected chi connectivity index (χ2v) is 6.36. The van der Waals surface area contributed by atoms with Crippen molar-refractivity contribution in [2.75, 3.05) is 0 Å². The van der Waals surface area contributed by atoms with Gasteiger partial charge < -0.3 is 5.32 Å². The minimum absolute atomic E-state index is 0.428. The molecule has 1 fully saturated rings. The molecule has 2 rings (SSSR count). The number of nitrogens with zero attached hydrogens (tertiary/aromatic N) is 1. The molecule has 1 aliphatic carbocycles. The number of nitro groups is 1. The molecule has 1 aliphatic rings. The van der Waals surface area contributed by atoms with Crippen molar-refractivity contribution < 1.29 is 9.31 Å². The average molecular weight is 280 g/mol. The lowest BCUT2D eigenvalue weighted by Crippen LogP contribution is -2.35. The van der Waals surface area contributed by atoms with Gasteiger partial charge in [-0.3, -0.25) is 10.1 Å². The Hall–Kier alpha value is -1.49. The molecule has 1 aromatic rings. The summed E-state index contributed by atoms with van der Waals surface area (Å²) in [5.41, 5.74) is 0.712. The Morgan fingerprint density at radius 1 is 1.40 bits per heavy atom. The highest BCUT2D eigenvalue weighted by Crippen LogP contribution is 2.35. The predicted octanol–water partition coefficient (Wildman–Crippen LogP) is 3.79. The van der Waals surface area contributed by atoms with Crippen molar-refractivity contribution in [1.29, 1.82) is 0 Å². The molecule has 5 heteroatoms. The van der Waals surface area contributed by atoms with Crippen LogP contribution < -0.4 is 5.32 Å². The molecular weight excluding hydrogens is 259 g/mol. The second kappa shape index (κ2) is 5.87. The highest BCUT2D eigenvalue weighted by atomic mass is 19.1. The maximum absolute atomic E-state index is 13.5. The van der Waals surface area contributed by atoms with E-state index in [0.29, 0.717) is 18.0 Å². The number of hydrogen-bond donors (Lipinski definition) is 1. The van der Waals surface area contributed by atoms with E-state index >= 15 is 0 Å². The van der Waals surface area contributed by atoms with E-state index in [-0.39, 0.29) is 0 Å². The lowest BCUT2D eigenvalue weighted by Gasteiger charge is -2.34. The van der Waals surface area contributed by atoms with Gasteiger partial charge in [0.1, 0.15) is 0 Å². The van der Waals surface area contributed by atoms with Gasteiger partial charge in [0.05, 0.1) is 4.92 Å². The van der Waals surface area contributed by atoms with Crippen molar-refractivity contribution in [2.45, 2.75) is 52.1 Å². The molecule has 1 aromatic carbocycles. The third-order valence-corrected chi connectivity index (χ3v) is 4.14. The molecule has 1 N–H and O–H groups in total. The van der Waals surface area contributed by atoms with Gasteiger partial charge >= 0.3 is 5.69 Å². The van der Waals surface area contributed by atoms with Crippen LogP contribution in [-0.2, 0) is 6.54 Å². The van der Waals surface area contributed by atoms with Gasteiger partial charge in [0.15, 0.2) is 0 Å². The maximum atomic E-state index is 13.5. The Balaban J connectivity index is 1.89. The minimum atomic E-state index is -0.765. The van der Waals surface area contributed by atoms with Gasteiger partial charge in [0.25, 0.3) is 0 Å². The summed E-state index contributed by atoms with van der Waals surface area (Å²) in [5.74, 6) is -0.765. The Morgan fingerprint density at radius 3 is 2.60 bits per heavy atom. The van der Waals surface area contributed by atoms with E-state index in [1.807, 2.05) is 0 Å². The first-order chi connectivity index (χ1) is 9.37. The van der Waals surface area contributed by atoms with E-state index in [1.54, 1.807) is 6.07 Å². The van der Waals surface area contributed by atoms with Crippen LogP contribution in [0.15, 0.2) is 18.2 Å². The van der Waals surface area contributed by atoms with Gasteiger partial charge in [-0.15, -0.1) is 0 Å². The molecule has 0 radical (unpaired) electrons. The fourth-order valence-electron chi connectivity index (χ4n) is 2.67. The maximum Gasteiger partial charge on any atom is 0.304 e. The van der Waals surface area contributed by atoms with E-state index in [9.17, 15) is 14.5 Å². The molecule has 0 aromatic heterocycles. The van der Waals surface area contributed by atoms with E-state index in [1.165, 1.54) is 25.0 Å². The van der Waals surface area contributed by atoms with Gasteiger partial charge in [0, 0.05) is 18.7 Å². The smallest absolute Gasteiger partial charge is 0.304 e. The SMILES string of the molecule is CC1(C)CCC(NCc2ccc([N+](=O)[O-])c(F)c2)CC1. The number of nitrogens with one attached hydrogen (secondary N) is 1. The molecule has 4 nitrogen and oxygen atoms in total. The zero-order valence-corrected chi connectivity index (χ0v) is 12.0. The van der Waals surface area contributed by atoms with Crippen LogP contribution in [0.2, 0.25) is 0 Å². The molecule has 0 bridgehead atoms. The largest absolute Gasteiger partial charge is 0.310 e. The molecular formula is C15H21FN2O2. The lowest BCUT2D eigenvalue weighted by atomic mass is 9.75. The topological polar surface area (TPSA) is 55.2 Å². The van der Waals surface area contributed by atoms with Crippen LogP contribution in [0.25, 0.3) is 0 Å². The Labute approximate surface area is 118 Å². The Bertz CT molecular complexity index is 493. The number of halogens is 1. The van der Waals surface area contributed by atoms with Gasteiger partial charge in [-0.25, -0.2) is 0 Å². The van der Waals surface area contributed by atoms with Crippen LogP contribution in [0, 0.1) is 21.3 Å². The highest BCUT2D eigenvalue weighted by Gasteiger charge is 2.26. The van der Waals surface area contributed by atoms with Gasteiger partial charge in [-0.2, -0.15) is 4.39 Å². The average Bonchev–Trinajstić information content (AvgIpc) is 2.37. The van der Waals surface area contributed by atoms with E-state index < -0.39 is 16.4 Å². The first kappa shape index (κ1) is 14.9. The zero-order chi connectivity index (χ0) is 14.8. The van der Waals surface area contributed by atoms with Crippen LogP contribution in [0.1, 0.15) is 45.1 Å². The van der Waals surface area contributed by atoms with Crippen LogP contribution in [-0.4, -0.2) is 11.0 Å². The molecule has 110 valence electrons. The van der Waals surface area contributed by atoms with Crippen LogP contribution in [0.3, 0.4) is 0 Å². The number of rotatable bonds is 4. The summed E-state index contributed by atoms with van der Waals surface area (Å²) in [6, 6.07) is 4.55.